The molecule has 0 aliphatic rings. The van der Waals surface area contributed by atoms with Crippen molar-refractivity contribution in [3.8, 4) is 5.75 Å². The number of sulfonamides is 1. The lowest BCUT2D eigenvalue weighted by atomic mass is 9.86. The summed E-state index contributed by atoms with van der Waals surface area (Å²) in [4.78, 5) is 1.31. The van der Waals surface area contributed by atoms with E-state index in [2.05, 4.69) is 0 Å². The number of methoxy groups -OCH3 is 1. The SMILES string of the molecule is COc1ccc(S(=O)(=O)NO)cc1C(C)(C)C. The van der Waals surface area contributed by atoms with Crippen LogP contribution in [0.5, 0.6) is 5.75 Å². The molecule has 5 nitrogen and oxygen atoms in total. The highest BCUT2D eigenvalue weighted by atomic mass is 32.2. The smallest absolute Gasteiger partial charge is 0.262 e. The van der Waals surface area contributed by atoms with Crippen LogP contribution in [0, 0.1) is 0 Å². The number of hydrogen-bond donors (Lipinski definition) is 2. The Labute approximate surface area is 101 Å². The normalized spacial score (nSPS) is 12.5. The van der Waals surface area contributed by atoms with Crippen molar-refractivity contribution in [3.63, 3.8) is 0 Å². The van der Waals surface area contributed by atoms with Crippen LogP contribution in [0.4, 0.5) is 0 Å². The van der Waals surface area contributed by atoms with Gasteiger partial charge in [0.1, 0.15) is 5.75 Å². The van der Waals surface area contributed by atoms with Gasteiger partial charge >= 0.3 is 0 Å². The summed E-state index contributed by atoms with van der Waals surface area (Å²) in [6.45, 7) is 5.86. The predicted octanol–water partition coefficient (Wildman–Crippen LogP) is 1.66. The topological polar surface area (TPSA) is 75.6 Å². The van der Waals surface area contributed by atoms with Crippen LogP contribution in [-0.2, 0) is 15.4 Å². The molecule has 2 N–H and O–H groups in total. The third kappa shape index (κ3) is 2.96. The lowest BCUT2D eigenvalue weighted by molar-refractivity contribution is 0.242. The average Bonchev–Trinajstić information content (AvgIpc) is 2.27. The van der Waals surface area contributed by atoms with Crippen LogP contribution >= 0.6 is 0 Å². The Balaban J connectivity index is 3.44. The number of rotatable bonds is 3. The lowest BCUT2D eigenvalue weighted by Gasteiger charge is -2.22. The van der Waals surface area contributed by atoms with Gasteiger partial charge in [-0.1, -0.05) is 25.7 Å². The Hall–Kier alpha value is -1.11. The standard InChI is InChI=1S/C11H17NO4S/c1-11(2,3)9-7-8(17(14,15)12-13)5-6-10(9)16-4/h5-7,12-13H,1-4H3. The van der Waals surface area contributed by atoms with Crippen LogP contribution in [0.1, 0.15) is 26.3 Å². The molecule has 0 atom stereocenters. The molecule has 6 heteroatoms. The molecule has 0 unspecified atom stereocenters. The summed E-state index contributed by atoms with van der Waals surface area (Å²) in [5.74, 6) is 0.620. The molecular weight excluding hydrogens is 242 g/mol. The number of nitrogens with one attached hydrogen (secondary N) is 1. The fourth-order valence-corrected chi connectivity index (χ4v) is 2.12. The van der Waals surface area contributed by atoms with Crippen molar-refractivity contribution < 1.29 is 18.4 Å². The summed E-state index contributed by atoms with van der Waals surface area (Å²) in [5, 5.41) is 8.60. The molecule has 0 spiro atoms. The zero-order valence-corrected chi connectivity index (χ0v) is 11.1. The largest absolute Gasteiger partial charge is 0.496 e. The van der Waals surface area contributed by atoms with Gasteiger partial charge in [-0.05, 0) is 23.6 Å². The van der Waals surface area contributed by atoms with E-state index < -0.39 is 10.0 Å². The van der Waals surface area contributed by atoms with E-state index in [1.54, 1.807) is 6.07 Å². The third-order valence-electron chi connectivity index (χ3n) is 2.41. The monoisotopic (exact) mass is 259 g/mol. The van der Waals surface area contributed by atoms with Crippen molar-refractivity contribution in [3.05, 3.63) is 23.8 Å². The van der Waals surface area contributed by atoms with E-state index in [0.717, 1.165) is 5.56 Å². The van der Waals surface area contributed by atoms with Crippen molar-refractivity contribution in [2.24, 2.45) is 0 Å². The molecule has 0 fully saturated rings. The summed E-state index contributed by atoms with van der Waals surface area (Å²) < 4.78 is 28.2. The molecule has 0 saturated carbocycles. The van der Waals surface area contributed by atoms with E-state index in [-0.39, 0.29) is 10.3 Å². The van der Waals surface area contributed by atoms with Gasteiger partial charge in [0, 0.05) is 5.56 Å². The first-order valence-electron chi connectivity index (χ1n) is 5.07. The van der Waals surface area contributed by atoms with Gasteiger partial charge in [0.15, 0.2) is 0 Å². The zero-order chi connectivity index (χ0) is 13.3. The zero-order valence-electron chi connectivity index (χ0n) is 10.3. The summed E-state index contributed by atoms with van der Waals surface area (Å²) in [5.41, 5.74) is 0.503. The molecule has 0 aliphatic carbocycles. The maximum atomic E-state index is 11.5. The molecule has 1 aromatic carbocycles. The van der Waals surface area contributed by atoms with E-state index in [9.17, 15) is 8.42 Å². The first-order chi connectivity index (χ1) is 7.72. The van der Waals surface area contributed by atoms with Crippen molar-refractivity contribution >= 4 is 10.0 Å². The Morgan fingerprint density at radius 2 is 1.88 bits per heavy atom. The van der Waals surface area contributed by atoms with Gasteiger partial charge in [-0.2, -0.15) is 0 Å². The molecule has 0 heterocycles. The van der Waals surface area contributed by atoms with Gasteiger partial charge in [0.05, 0.1) is 12.0 Å². The molecule has 0 bridgehead atoms. The maximum absolute atomic E-state index is 11.5. The van der Waals surface area contributed by atoms with Gasteiger partial charge in [-0.25, -0.2) is 8.42 Å². The van der Waals surface area contributed by atoms with Crippen molar-refractivity contribution in [2.45, 2.75) is 31.1 Å². The van der Waals surface area contributed by atoms with Crippen LogP contribution in [0.25, 0.3) is 0 Å². The summed E-state index contributed by atoms with van der Waals surface area (Å²) in [6, 6.07) is 4.45. The van der Waals surface area contributed by atoms with Crippen molar-refractivity contribution in [2.75, 3.05) is 7.11 Å². The fourth-order valence-electron chi connectivity index (χ4n) is 1.49. The molecule has 0 aliphatic heterocycles. The van der Waals surface area contributed by atoms with Crippen LogP contribution in [0.15, 0.2) is 23.1 Å². The Morgan fingerprint density at radius 1 is 1.29 bits per heavy atom. The number of benzene rings is 1. The van der Waals surface area contributed by atoms with Gasteiger partial charge in [-0.15, -0.1) is 0 Å². The van der Waals surface area contributed by atoms with E-state index in [4.69, 9.17) is 9.94 Å². The predicted molar refractivity (Wildman–Crippen MR) is 63.8 cm³/mol. The van der Waals surface area contributed by atoms with Gasteiger partial charge in [0.25, 0.3) is 10.0 Å². The highest BCUT2D eigenvalue weighted by molar-refractivity contribution is 7.89. The minimum absolute atomic E-state index is 0.00530. The van der Waals surface area contributed by atoms with Crippen LogP contribution < -0.4 is 9.62 Å². The second-order valence-electron chi connectivity index (χ2n) is 4.71. The molecular formula is C11H17NO4S. The molecule has 0 radical (unpaired) electrons. The lowest BCUT2D eigenvalue weighted by Crippen LogP contribution is -2.21. The van der Waals surface area contributed by atoms with Crippen LogP contribution in [0.3, 0.4) is 0 Å². The second-order valence-corrected chi connectivity index (χ2v) is 6.37. The Morgan fingerprint density at radius 3 is 2.29 bits per heavy atom. The van der Waals surface area contributed by atoms with Gasteiger partial charge in [0.2, 0.25) is 0 Å². The van der Waals surface area contributed by atoms with Crippen LogP contribution in [0.2, 0.25) is 0 Å². The molecule has 17 heavy (non-hydrogen) atoms. The number of ether oxygens (including phenoxy) is 1. The second kappa shape index (κ2) is 4.64. The summed E-state index contributed by atoms with van der Waals surface area (Å²) in [6.07, 6.45) is 0. The highest BCUT2D eigenvalue weighted by Crippen LogP contribution is 2.32. The van der Waals surface area contributed by atoms with Crippen molar-refractivity contribution in [1.82, 2.24) is 4.89 Å². The highest BCUT2D eigenvalue weighted by Gasteiger charge is 2.22. The summed E-state index contributed by atoms with van der Waals surface area (Å²) >= 11 is 0. The third-order valence-corrected chi connectivity index (χ3v) is 3.52. The van der Waals surface area contributed by atoms with Crippen molar-refractivity contribution in [1.29, 1.82) is 0 Å². The van der Waals surface area contributed by atoms with E-state index >= 15 is 0 Å². The first kappa shape index (κ1) is 14.0. The van der Waals surface area contributed by atoms with E-state index in [0.29, 0.717) is 5.75 Å². The minimum atomic E-state index is -3.86. The maximum Gasteiger partial charge on any atom is 0.262 e. The van der Waals surface area contributed by atoms with E-state index in [1.807, 2.05) is 20.8 Å². The Bertz CT molecular complexity index is 503. The molecule has 1 aromatic rings. The minimum Gasteiger partial charge on any atom is -0.496 e. The number of hydrogen-bond acceptors (Lipinski definition) is 4. The molecule has 96 valence electrons. The quantitative estimate of drug-likeness (QED) is 0.809. The molecule has 0 amide bonds. The molecule has 0 saturated heterocycles. The van der Waals surface area contributed by atoms with Gasteiger partial charge in [-0.3, -0.25) is 0 Å². The average molecular weight is 259 g/mol. The summed E-state index contributed by atoms with van der Waals surface area (Å²) in [7, 11) is -2.33. The molecule has 0 aromatic heterocycles. The van der Waals surface area contributed by atoms with Gasteiger partial charge < -0.3 is 9.94 Å². The molecule has 1 rings (SSSR count). The Kier molecular flexibility index (Phi) is 3.81. The van der Waals surface area contributed by atoms with Crippen LogP contribution in [-0.4, -0.2) is 20.7 Å². The van der Waals surface area contributed by atoms with E-state index in [1.165, 1.54) is 24.1 Å². The first-order valence-corrected chi connectivity index (χ1v) is 6.55. The fraction of sp³-hybridized carbons (Fsp3) is 0.455.